The van der Waals surface area contributed by atoms with E-state index in [1.807, 2.05) is 17.8 Å². The first kappa shape index (κ1) is 13.5. The molecule has 1 N–H and O–H groups in total. The molecule has 2 rings (SSSR count). The number of nitrogens with zero attached hydrogens (tertiary/aromatic N) is 5. The molecule has 0 unspecified atom stereocenters. The van der Waals surface area contributed by atoms with Crippen molar-refractivity contribution in [3.05, 3.63) is 18.1 Å². The van der Waals surface area contributed by atoms with Gasteiger partial charge in [0, 0.05) is 26.1 Å². The molecule has 2 aromatic rings. The Kier molecular flexibility index (Phi) is 4.43. The van der Waals surface area contributed by atoms with Crippen molar-refractivity contribution >= 4 is 5.82 Å². The summed E-state index contributed by atoms with van der Waals surface area (Å²) in [6.45, 7) is 5.09. The van der Waals surface area contributed by atoms with Gasteiger partial charge in [0.15, 0.2) is 0 Å². The minimum Gasteiger partial charge on any atom is -0.373 e. The topological polar surface area (TPSA) is 68.5 Å². The van der Waals surface area contributed by atoms with Crippen molar-refractivity contribution in [1.29, 1.82) is 0 Å². The molecule has 0 bridgehead atoms. The van der Waals surface area contributed by atoms with Gasteiger partial charge in [-0.1, -0.05) is 19.1 Å². The van der Waals surface area contributed by atoms with Crippen LogP contribution in [0.15, 0.2) is 12.3 Å². The Labute approximate surface area is 113 Å². The Morgan fingerprint density at radius 3 is 2.74 bits per heavy atom. The van der Waals surface area contributed by atoms with Gasteiger partial charge in [0.25, 0.3) is 0 Å². The second kappa shape index (κ2) is 6.26. The van der Waals surface area contributed by atoms with Crippen molar-refractivity contribution in [3.8, 4) is 11.4 Å². The quantitative estimate of drug-likeness (QED) is 0.861. The number of hydrogen-bond donors (Lipinski definition) is 1. The second-order valence-electron chi connectivity index (χ2n) is 4.40. The van der Waals surface area contributed by atoms with Gasteiger partial charge >= 0.3 is 0 Å². The molecule has 0 aliphatic heterocycles. The number of aryl methyl sites for hydroxylation is 2. The van der Waals surface area contributed by atoms with Crippen molar-refractivity contribution in [1.82, 2.24) is 25.0 Å². The third-order valence-electron chi connectivity index (χ3n) is 2.82. The van der Waals surface area contributed by atoms with Crippen LogP contribution in [0.1, 0.15) is 32.5 Å². The van der Waals surface area contributed by atoms with Crippen LogP contribution in [0.25, 0.3) is 11.4 Å². The van der Waals surface area contributed by atoms with Crippen molar-refractivity contribution in [2.24, 2.45) is 0 Å². The summed E-state index contributed by atoms with van der Waals surface area (Å²) >= 11 is 0. The first-order chi connectivity index (χ1) is 9.28. The highest BCUT2D eigenvalue weighted by atomic mass is 15.4. The Bertz CT molecular complexity index is 534. The van der Waals surface area contributed by atoms with Crippen LogP contribution in [0.2, 0.25) is 0 Å². The van der Waals surface area contributed by atoms with E-state index in [0.717, 1.165) is 48.8 Å². The maximum atomic E-state index is 4.60. The molecule has 0 amide bonds. The molecular weight excluding hydrogens is 240 g/mol. The van der Waals surface area contributed by atoms with Crippen LogP contribution >= 0.6 is 0 Å². The van der Waals surface area contributed by atoms with Crippen molar-refractivity contribution in [3.63, 3.8) is 0 Å². The fraction of sp³-hybridized carbons (Fsp3) is 0.538. The molecule has 0 aromatic carbocycles. The molecule has 0 saturated carbocycles. The van der Waals surface area contributed by atoms with Crippen LogP contribution in [0.5, 0.6) is 0 Å². The molecular formula is C13H20N6. The van der Waals surface area contributed by atoms with Crippen molar-refractivity contribution in [2.45, 2.75) is 39.7 Å². The molecule has 0 radical (unpaired) electrons. The summed E-state index contributed by atoms with van der Waals surface area (Å²) in [6, 6.07) is 1.93. The van der Waals surface area contributed by atoms with E-state index in [9.17, 15) is 0 Å². The normalized spacial score (nSPS) is 10.7. The van der Waals surface area contributed by atoms with E-state index in [0.29, 0.717) is 0 Å². The summed E-state index contributed by atoms with van der Waals surface area (Å²) in [4.78, 5) is 9.06. The van der Waals surface area contributed by atoms with Crippen LogP contribution in [0.3, 0.4) is 0 Å². The van der Waals surface area contributed by atoms with Crippen LogP contribution < -0.4 is 5.32 Å². The van der Waals surface area contributed by atoms with Gasteiger partial charge < -0.3 is 5.32 Å². The fourth-order valence-electron chi connectivity index (χ4n) is 1.92. The average molecular weight is 260 g/mol. The molecule has 0 saturated heterocycles. The lowest BCUT2D eigenvalue weighted by atomic mass is 10.2. The Balaban J connectivity index is 2.42. The zero-order valence-corrected chi connectivity index (χ0v) is 11.7. The summed E-state index contributed by atoms with van der Waals surface area (Å²) in [5, 5.41) is 11.2. The van der Waals surface area contributed by atoms with Crippen molar-refractivity contribution < 1.29 is 0 Å². The Hall–Kier alpha value is -1.98. The predicted molar refractivity (Wildman–Crippen MR) is 74.9 cm³/mol. The van der Waals surface area contributed by atoms with E-state index >= 15 is 0 Å². The van der Waals surface area contributed by atoms with Crippen LogP contribution in [0.4, 0.5) is 5.82 Å². The monoisotopic (exact) mass is 260 g/mol. The standard InChI is InChI=1S/C13H20N6/c1-4-6-12-16-10(8-13(14-3)17-12)11-9-15-18-19(11)7-5-2/h8-9H,4-7H2,1-3H3,(H,14,16,17). The molecule has 6 heteroatoms. The molecule has 6 nitrogen and oxygen atoms in total. The molecule has 2 heterocycles. The van der Waals surface area contributed by atoms with Crippen LogP contribution in [-0.4, -0.2) is 32.0 Å². The van der Waals surface area contributed by atoms with Gasteiger partial charge in [0.05, 0.1) is 11.9 Å². The number of hydrogen-bond acceptors (Lipinski definition) is 5. The highest BCUT2D eigenvalue weighted by Gasteiger charge is 2.11. The largest absolute Gasteiger partial charge is 0.373 e. The van der Waals surface area contributed by atoms with Gasteiger partial charge in [-0.3, -0.25) is 0 Å². The summed E-state index contributed by atoms with van der Waals surface area (Å²) in [5.74, 6) is 1.69. The van der Waals surface area contributed by atoms with Crippen LogP contribution in [0, 0.1) is 0 Å². The predicted octanol–water partition coefficient (Wildman–Crippen LogP) is 2.14. The number of anilines is 1. The van der Waals surface area contributed by atoms with Crippen molar-refractivity contribution in [2.75, 3.05) is 12.4 Å². The van der Waals surface area contributed by atoms with E-state index in [-0.39, 0.29) is 0 Å². The lowest BCUT2D eigenvalue weighted by molar-refractivity contribution is 0.583. The van der Waals surface area contributed by atoms with Gasteiger partial charge in [-0.15, -0.1) is 5.10 Å². The van der Waals surface area contributed by atoms with E-state index in [2.05, 4.69) is 39.4 Å². The van der Waals surface area contributed by atoms with Gasteiger partial charge in [-0.25, -0.2) is 14.6 Å². The lowest BCUT2D eigenvalue weighted by Gasteiger charge is -2.08. The second-order valence-corrected chi connectivity index (χ2v) is 4.40. The minimum absolute atomic E-state index is 0.831. The highest BCUT2D eigenvalue weighted by molar-refractivity contribution is 5.57. The molecule has 0 aliphatic rings. The Morgan fingerprint density at radius 1 is 1.21 bits per heavy atom. The molecule has 0 atom stereocenters. The first-order valence-corrected chi connectivity index (χ1v) is 6.73. The first-order valence-electron chi connectivity index (χ1n) is 6.73. The zero-order chi connectivity index (χ0) is 13.7. The molecule has 0 spiro atoms. The zero-order valence-electron chi connectivity index (χ0n) is 11.7. The SMILES string of the molecule is CCCc1nc(NC)cc(-c2cnnn2CCC)n1. The lowest BCUT2D eigenvalue weighted by Crippen LogP contribution is -2.06. The summed E-state index contributed by atoms with van der Waals surface area (Å²) in [6.07, 6.45) is 4.67. The summed E-state index contributed by atoms with van der Waals surface area (Å²) < 4.78 is 1.89. The average Bonchev–Trinajstić information content (AvgIpc) is 2.87. The van der Waals surface area contributed by atoms with Gasteiger partial charge in [-0.2, -0.15) is 0 Å². The van der Waals surface area contributed by atoms with Gasteiger partial charge in [0.2, 0.25) is 0 Å². The highest BCUT2D eigenvalue weighted by Crippen LogP contribution is 2.19. The summed E-state index contributed by atoms with van der Waals surface area (Å²) in [5.41, 5.74) is 1.82. The third-order valence-corrected chi connectivity index (χ3v) is 2.82. The smallest absolute Gasteiger partial charge is 0.131 e. The molecule has 0 fully saturated rings. The summed E-state index contributed by atoms with van der Waals surface area (Å²) in [7, 11) is 1.86. The maximum Gasteiger partial charge on any atom is 0.131 e. The number of aromatic nitrogens is 5. The van der Waals surface area contributed by atoms with E-state index in [1.54, 1.807) is 6.20 Å². The molecule has 19 heavy (non-hydrogen) atoms. The minimum atomic E-state index is 0.831. The fourth-order valence-corrected chi connectivity index (χ4v) is 1.92. The van der Waals surface area contributed by atoms with Crippen LogP contribution in [-0.2, 0) is 13.0 Å². The van der Waals surface area contributed by atoms with Gasteiger partial charge in [-0.05, 0) is 12.8 Å². The van der Waals surface area contributed by atoms with E-state index < -0.39 is 0 Å². The Morgan fingerprint density at radius 2 is 2.05 bits per heavy atom. The van der Waals surface area contributed by atoms with E-state index in [4.69, 9.17) is 0 Å². The molecule has 2 aromatic heterocycles. The molecule has 102 valence electrons. The van der Waals surface area contributed by atoms with Gasteiger partial charge in [0.1, 0.15) is 17.3 Å². The number of rotatable bonds is 6. The molecule has 0 aliphatic carbocycles. The maximum absolute atomic E-state index is 4.60. The van der Waals surface area contributed by atoms with E-state index in [1.165, 1.54) is 0 Å². The number of nitrogens with one attached hydrogen (secondary N) is 1. The third kappa shape index (κ3) is 3.07.